The molecule has 1 heterocycles. The second kappa shape index (κ2) is 5.15. The van der Waals surface area contributed by atoms with Crippen LogP contribution in [0, 0.1) is 0 Å². The number of hydrogen-bond acceptors (Lipinski definition) is 5. The summed E-state index contributed by atoms with van der Waals surface area (Å²) in [6.45, 7) is 1.98. The van der Waals surface area contributed by atoms with E-state index in [1.165, 1.54) is 17.1 Å². The summed E-state index contributed by atoms with van der Waals surface area (Å²) in [5.74, 6) is 0.186. The van der Waals surface area contributed by atoms with Crippen molar-refractivity contribution in [1.29, 1.82) is 0 Å². The van der Waals surface area contributed by atoms with E-state index >= 15 is 0 Å². The van der Waals surface area contributed by atoms with Gasteiger partial charge in [0, 0.05) is 18.5 Å². The molecule has 0 saturated heterocycles. The molecule has 0 spiro atoms. The van der Waals surface area contributed by atoms with Crippen LogP contribution in [-0.2, 0) is 26.4 Å². The fourth-order valence-electron chi connectivity index (χ4n) is 1.22. The Bertz CT molecular complexity index is 574. The van der Waals surface area contributed by atoms with Crippen LogP contribution in [0.1, 0.15) is 13.3 Å². The van der Waals surface area contributed by atoms with Gasteiger partial charge in [0.1, 0.15) is 9.84 Å². The molecule has 0 radical (unpaired) electrons. The highest BCUT2D eigenvalue weighted by atomic mass is 32.2. The molecule has 1 aromatic rings. The SMILES string of the molecule is CCS(=O)(=O)CCCn1cnc(S(N)(=O)=O)c1. The van der Waals surface area contributed by atoms with Crippen molar-refractivity contribution in [1.82, 2.24) is 9.55 Å². The van der Waals surface area contributed by atoms with Crippen LogP contribution >= 0.6 is 0 Å². The lowest BCUT2D eigenvalue weighted by Gasteiger charge is -2.02. The number of sulfonamides is 1. The predicted molar refractivity (Wildman–Crippen MR) is 62.5 cm³/mol. The van der Waals surface area contributed by atoms with E-state index in [2.05, 4.69) is 4.98 Å². The Morgan fingerprint density at radius 3 is 2.47 bits per heavy atom. The van der Waals surface area contributed by atoms with Crippen molar-refractivity contribution in [3.63, 3.8) is 0 Å². The van der Waals surface area contributed by atoms with Gasteiger partial charge in [-0.3, -0.25) is 0 Å². The van der Waals surface area contributed by atoms with Crippen LogP contribution in [0.25, 0.3) is 0 Å². The molecule has 1 aromatic heterocycles. The lowest BCUT2D eigenvalue weighted by atomic mass is 10.5. The smallest absolute Gasteiger partial charge is 0.257 e. The van der Waals surface area contributed by atoms with Crippen LogP contribution in [-0.4, -0.2) is 37.9 Å². The number of aryl methyl sites for hydroxylation is 1. The Morgan fingerprint density at radius 2 is 2.00 bits per heavy atom. The summed E-state index contributed by atoms with van der Waals surface area (Å²) < 4.78 is 45.8. The minimum Gasteiger partial charge on any atom is -0.336 e. The van der Waals surface area contributed by atoms with Crippen molar-refractivity contribution >= 4 is 19.9 Å². The summed E-state index contributed by atoms with van der Waals surface area (Å²) in [5, 5.41) is 4.68. The number of nitrogens with two attached hydrogens (primary N) is 1. The number of sulfone groups is 1. The van der Waals surface area contributed by atoms with E-state index in [-0.39, 0.29) is 16.5 Å². The molecule has 0 saturated carbocycles. The average Bonchev–Trinajstić information content (AvgIpc) is 2.66. The van der Waals surface area contributed by atoms with Crippen LogP contribution in [0.3, 0.4) is 0 Å². The molecule has 9 heteroatoms. The van der Waals surface area contributed by atoms with Gasteiger partial charge >= 0.3 is 0 Å². The molecule has 7 nitrogen and oxygen atoms in total. The zero-order chi connectivity index (χ0) is 13.1. The van der Waals surface area contributed by atoms with E-state index in [1.54, 1.807) is 6.92 Å². The first-order valence-electron chi connectivity index (χ1n) is 4.99. The van der Waals surface area contributed by atoms with Gasteiger partial charge in [-0.1, -0.05) is 6.92 Å². The molecular weight excluding hydrogens is 266 g/mol. The van der Waals surface area contributed by atoms with Gasteiger partial charge in [0.15, 0.2) is 5.03 Å². The van der Waals surface area contributed by atoms with Crippen molar-refractivity contribution in [2.45, 2.75) is 24.9 Å². The first kappa shape index (κ1) is 14.1. The summed E-state index contributed by atoms with van der Waals surface area (Å²) in [4.78, 5) is 3.62. The zero-order valence-corrected chi connectivity index (χ0v) is 11.0. The van der Waals surface area contributed by atoms with Crippen molar-refractivity contribution in [3.8, 4) is 0 Å². The number of nitrogens with zero attached hydrogens (tertiary/aromatic N) is 2. The Balaban J connectivity index is 2.58. The topological polar surface area (TPSA) is 112 Å². The first-order valence-corrected chi connectivity index (χ1v) is 8.36. The van der Waals surface area contributed by atoms with Gasteiger partial charge in [-0.15, -0.1) is 0 Å². The van der Waals surface area contributed by atoms with Crippen LogP contribution in [0.4, 0.5) is 0 Å². The van der Waals surface area contributed by atoms with E-state index in [4.69, 9.17) is 5.14 Å². The average molecular weight is 281 g/mol. The summed E-state index contributed by atoms with van der Waals surface area (Å²) in [5.41, 5.74) is 0. The van der Waals surface area contributed by atoms with E-state index in [1.807, 2.05) is 0 Å². The molecule has 0 amide bonds. The second-order valence-corrected chi connectivity index (χ2v) is 7.57. The summed E-state index contributed by atoms with van der Waals surface area (Å²) >= 11 is 0. The molecule has 0 aromatic carbocycles. The van der Waals surface area contributed by atoms with Gasteiger partial charge in [-0.05, 0) is 6.42 Å². The fraction of sp³-hybridized carbons (Fsp3) is 0.625. The van der Waals surface area contributed by atoms with Crippen molar-refractivity contribution < 1.29 is 16.8 Å². The molecule has 0 bridgehead atoms. The second-order valence-electron chi connectivity index (χ2n) is 3.58. The highest BCUT2D eigenvalue weighted by Crippen LogP contribution is 2.04. The monoisotopic (exact) mass is 281 g/mol. The summed E-state index contributed by atoms with van der Waals surface area (Å²) in [6.07, 6.45) is 3.02. The minimum atomic E-state index is -3.79. The Kier molecular flexibility index (Phi) is 4.28. The maximum absolute atomic E-state index is 11.2. The molecule has 17 heavy (non-hydrogen) atoms. The molecule has 0 fully saturated rings. The van der Waals surface area contributed by atoms with E-state index in [0.717, 1.165) is 0 Å². The molecular formula is C8H15N3O4S2. The highest BCUT2D eigenvalue weighted by molar-refractivity contribution is 7.91. The highest BCUT2D eigenvalue weighted by Gasteiger charge is 2.12. The minimum absolute atomic E-state index is 0.0758. The van der Waals surface area contributed by atoms with Gasteiger partial charge in [-0.25, -0.2) is 27.0 Å². The molecule has 0 atom stereocenters. The van der Waals surface area contributed by atoms with E-state index in [9.17, 15) is 16.8 Å². The maximum atomic E-state index is 11.2. The van der Waals surface area contributed by atoms with Crippen LogP contribution in [0.15, 0.2) is 17.6 Å². The van der Waals surface area contributed by atoms with Gasteiger partial charge in [-0.2, -0.15) is 0 Å². The quantitative estimate of drug-likeness (QED) is 0.745. The largest absolute Gasteiger partial charge is 0.336 e. The third kappa shape index (κ3) is 4.44. The van der Waals surface area contributed by atoms with Gasteiger partial charge < -0.3 is 4.57 Å². The first-order chi connectivity index (χ1) is 7.74. The third-order valence-electron chi connectivity index (χ3n) is 2.21. The van der Waals surface area contributed by atoms with Gasteiger partial charge in [0.25, 0.3) is 10.0 Å². The number of rotatable bonds is 6. The Labute approximate surface area is 101 Å². The summed E-state index contributed by atoms with van der Waals surface area (Å²) in [7, 11) is -6.78. The van der Waals surface area contributed by atoms with E-state index in [0.29, 0.717) is 13.0 Å². The Hall–Kier alpha value is -0.930. The molecule has 0 aliphatic rings. The molecule has 1 rings (SSSR count). The Morgan fingerprint density at radius 1 is 1.35 bits per heavy atom. The van der Waals surface area contributed by atoms with Crippen molar-refractivity contribution in [3.05, 3.63) is 12.5 Å². The van der Waals surface area contributed by atoms with Crippen LogP contribution < -0.4 is 5.14 Å². The molecule has 2 N–H and O–H groups in total. The van der Waals surface area contributed by atoms with Crippen molar-refractivity contribution in [2.75, 3.05) is 11.5 Å². The molecule has 0 unspecified atom stereocenters. The fourth-order valence-corrected chi connectivity index (χ4v) is 2.55. The predicted octanol–water partition coefficient (Wildman–Crippen LogP) is -0.645. The zero-order valence-electron chi connectivity index (χ0n) is 9.40. The molecule has 98 valence electrons. The number of imidazole rings is 1. The number of primary sulfonamides is 1. The third-order valence-corrected chi connectivity index (χ3v) is 4.80. The van der Waals surface area contributed by atoms with Crippen molar-refractivity contribution in [2.24, 2.45) is 5.14 Å². The number of hydrogen-bond donors (Lipinski definition) is 1. The van der Waals surface area contributed by atoms with Crippen LogP contribution in [0.2, 0.25) is 0 Å². The normalized spacial score (nSPS) is 12.8. The lowest BCUT2D eigenvalue weighted by Crippen LogP contribution is -2.12. The van der Waals surface area contributed by atoms with E-state index < -0.39 is 19.9 Å². The van der Waals surface area contributed by atoms with Crippen LogP contribution in [0.5, 0.6) is 0 Å². The van der Waals surface area contributed by atoms with Gasteiger partial charge in [0.2, 0.25) is 0 Å². The van der Waals surface area contributed by atoms with Gasteiger partial charge in [0.05, 0.1) is 12.1 Å². The standard InChI is InChI=1S/C8H15N3O4S2/c1-2-16(12,13)5-3-4-11-6-8(10-7-11)17(9,14)15/h6-7H,2-5H2,1H3,(H2,9,14,15). The maximum Gasteiger partial charge on any atom is 0.257 e. The lowest BCUT2D eigenvalue weighted by molar-refractivity contribution is 0.585. The molecule has 0 aliphatic carbocycles. The molecule has 0 aliphatic heterocycles. The number of aromatic nitrogens is 2. The summed E-state index contributed by atoms with van der Waals surface area (Å²) in [6, 6.07) is 0.